The Labute approximate surface area is 192 Å². The molecule has 2 saturated heterocycles. The van der Waals surface area contributed by atoms with Crippen molar-refractivity contribution in [1.82, 2.24) is 14.9 Å². The summed E-state index contributed by atoms with van der Waals surface area (Å²) in [5.41, 5.74) is 0.419. The Kier molecular flexibility index (Phi) is 5.07. The summed E-state index contributed by atoms with van der Waals surface area (Å²) in [7, 11) is 1.47. The molecule has 2 aromatic heterocycles. The summed E-state index contributed by atoms with van der Waals surface area (Å²) >= 11 is 0. The van der Waals surface area contributed by atoms with Gasteiger partial charge in [0, 0.05) is 31.2 Å². The van der Waals surface area contributed by atoms with Crippen molar-refractivity contribution in [3.63, 3.8) is 0 Å². The molecule has 0 saturated carbocycles. The standard InChI is InChI=1S/C23H20F3N5O3/c1-13-3-5-18(34-2)16(11-13)31-21(32)17-12-29(9-10-30(17)22(31)33)20-14-4-6-19(23(24,25)26)28-15(14)7-8-27-20/h3-8,11,17H,9-10,12H2,1-2H3. The van der Waals surface area contributed by atoms with E-state index in [0.29, 0.717) is 29.2 Å². The fraction of sp³-hybridized carbons (Fsp3) is 0.304. The molecule has 0 radical (unpaired) electrons. The van der Waals surface area contributed by atoms with Crippen molar-refractivity contribution in [1.29, 1.82) is 0 Å². The molecule has 0 N–H and O–H groups in total. The molecule has 2 aliphatic rings. The first-order valence-corrected chi connectivity index (χ1v) is 10.6. The Hall–Kier alpha value is -3.89. The van der Waals surface area contributed by atoms with Crippen LogP contribution in [-0.4, -0.2) is 59.6 Å². The number of fused-ring (bicyclic) bond motifs is 2. The van der Waals surface area contributed by atoms with Gasteiger partial charge in [-0.15, -0.1) is 0 Å². The number of anilines is 2. The Morgan fingerprint density at radius 3 is 2.62 bits per heavy atom. The lowest BCUT2D eigenvalue weighted by Gasteiger charge is -2.36. The third-order valence-electron chi connectivity index (χ3n) is 6.08. The Bertz CT molecular complexity index is 1310. The van der Waals surface area contributed by atoms with Gasteiger partial charge >= 0.3 is 12.2 Å². The lowest BCUT2D eigenvalue weighted by atomic mass is 10.1. The summed E-state index contributed by atoms with van der Waals surface area (Å²) < 4.78 is 44.6. The molecule has 2 aliphatic heterocycles. The summed E-state index contributed by atoms with van der Waals surface area (Å²) in [5.74, 6) is 0.438. The minimum Gasteiger partial charge on any atom is -0.495 e. The first-order chi connectivity index (χ1) is 16.2. The Morgan fingerprint density at radius 2 is 1.88 bits per heavy atom. The number of pyridine rings is 2. The van der Waals surface area contributed by atoms with Crippen LogP contribution in [0.1, 0.15) is 11.3 Å². The molecule has 1 unspecified atom stereocenters. The quantitative estimate of drug-likeness (QED) is 0.543. The molecular weight excluding hydrogens is 451 g/mol. The maximum Gasteiger partial charge on any atom is 0.433 e. The van der Waals surface area contributed by atoms with E-state index in [1.54, 1.807) is 17.0 Å². The average molecular weight is 471 g/mol. The van der Waals surface area contributed by atoms with Crippen LogP contribution >= 0.6 is 0 Å². The van der Waals surface area contributed by atoms with E-state index in [1.165, 1.54) is 30.3 Å². The molecule has 5 rings (SSSR count). The number of urea groups is 1. The van der Waals surface area contributed by atoms with E-state index in [2.05, 4.69) is 9.97 Å². The van der Waals surface area contributed by atoms with E-state index in [1.807, 2.05) is 13.0 Å². The molecule has 0 aliphatic carbocycles. The summed E-state index contributed by atoms with van der Waals surface area (Å²) in [6.45, 7) is 2.63. The Morgan fingerprint density at radius 1 is 1.09 bits per heavy atom. The number of hydrogen-bond donors (Lipinski definition) is 0. The van der Waals surface area contributed by atoms with Gasteiger partial charge in [0.15, 0.2) is 0 Å². The first-order valence-electron chi connectivity index (χ1n) is 10.6. The predicted octanol–water partition coefficient (Wildman–Crippen LogP) is 3.62. The second-order valence-corrected chi connectivity index (χ2v) is 8.18. The zero-order chi connectivity index (χ0) is 24.2. The van der Waals surface area contributed by atoms with Crippen LogP contribution in [0, 0.1) is 6.92 Å². The van der Waals surface area contributed by atoms with Crippen LogP contribution in [0.2, 0.25) is 0 Å². The van der Waals surface area contributed by atoms with Crippen LogP contribution in [0.4, 0.5) is 29.5 Å². The van der Waals surface area contributed by atoms with Crippen LogP contribution in [0.15, 0.2) is 42.6 Å². The molecular formula is C23H20F3N5O3. The lowest BCUT2D eigenvalue weighted by Crippen LogP contribution is -2.53. The van der Waals surface area contributed by atoms with Crippen molar-refractivity contribution in [3.8, 4) is 5.75 Å². The molecule has 34 heavy (non-hydrogen) atoms. The molecule has 1 aromatic carbocycles. The highest BCUT2D eigenvalue weighted by atomic mass is 19.4. The number of methoxy groups -OCH3 is 1. The van der Waals surface area contributed by atoms with Gasteiger partial charge in [-0.25, -0.2) is 19.7 Å². The number of alkyl halides is 3. The largest absolute Gasteiger partial charge is 0.495 e. The highest BCUT2D eigenvalue weighted by Gasteiger charge is 2.49. The maximum absolute atomic E-state index is 13.3. The Balaban J connectivity index is 1.47. The number of rotatable bonds is 3. The molecule has 0 spiro atoms. The number of halogens is 3. The number of ether oxygens (including phenoxy) is 1. The van der Waals surface area contributed by atoms with Gasteiger partial charge in [-0.05, 0) is 42.8 Å². The first kappa shape index (κ1) is 21.9. The molecule has 3 aromatic rings. The molecule has 8 nitrogen and oxygen atoms in total. The van der Waals surface area contributed by atoms with Crippen molar-refractivity contribution >= 4 is 34.3 Å². The maximum atomic E-state index is 13.3. The third kappa shape index (κ3) is 3.47. The van der Waals surface area contributed by atoms with Crippen LogP contribution < -0.4 is 14.5 Å². The summed E-state index contributed by atoms with van der Waals surface area (Å²) in [6.07, 6.45) is -3.16. The predicted molar refractivity (Wildman–Crippen MR) is 118 cm³/mol. The fourth-order valence-corrected chi connectivity index (χ4v) is 4.43. The number of hydrogen-bond acceptors (Lipinski definition) is 6. The van der Waals surface area contributed by atoms with Crippen LogP contribution in [0.5, 0.6) is 5.75 Å². The van der Waals surface area contributed by atoms with E-state index in [9.17, 15) is 22.8 Å². The van der Waals surface area contributed by atoms with E-state index in [4.69, 9.17) is 4.74 Å². The molecule has 176 valence electrons. The van der Waals surface area contributed by atoms with Crippen molar-refractivity contribution in [2.45, 2.75) is 19.1 Å². The number of carbonyl (C=O) groups is 2. The van der Waals surface area contributed by atoms with Gasteiger partial charge in [0.1, 0.15) is 23.3 Å². The molecule has 11 heteroatoms. The zero-order valence-electron chi connectivity index (χ0n) is 18.3. The second kappa shape index (κ2) is 7.86. The molecule has 2 fully saturated rings. The second-order valence-electron chi connectivity index (χ2n) is 8.18. The lowest BCUT2D eigenvalue weighted by molar-refractivity contribution is -0.141. The van der Waals surface area contributed by atoms with Crippen molar-refractivity contribution in [2.75, 3.05) is 36.5 Å². The van der Waals surface area contributed by atoms with E-state index in [0.717, 1.165) is 16.5 Å². The van der Waals surface area contributed by atoms with Crippen molar-refractivity contribution in [3.05, 3.63) is 53.9 Å². The summed E-state index contributed by atoms with van der Waals surface area (Å²) in [4.78, 5) is 39.0. The number of piperazine rings is 1. The number of benzene rings is 1. The normalized spacial score (nSPS) is 18.6. The van der Waals surface area contributed by atoms with E-state index in [-0.39, 0.29) is 18.6 Å². The van der Waals surface area contributed by atoms with E-state index >= 15 is 0 Å². The van der Waals surface area contributed by atoms with Gasteiger partial charge in [-0.2, -0.15) is 13.2 Å². The van der Waals surface area contributed by atoms with Crippen molar-refractivity contribution < 1.29 is 27.5 Å². The molecule has 3 amide bonds. The van der Waals surface area contributed by atoms with Gasteiger partial charge in [0.2, 0.25) is 0 Å². The average Bonchev–Trinajstić information content (AvgIpc) is 3.07. The SMILES string of the molecule is COc1ccc(C)cc1N1C(=O)C2CN(c3nccc4nc(C(F)(F)F)ccc34)CCN2C1=O. The van der Waals surface area contributed by atoms with Gasteiger partial charge in [-0.1, -0.05) is 6.07 Å². The number of imide groups is 1. The number of carbonyl (C=O) groups excluding carboxylic acids is 2. The van der Waals surface area contributed by atoms with Crippen molar-refractivity contribution in [2.24, 2.45) is 0 Å². The summed E-state index contributed by atoms with van der Waals surface area (Å²) in [6, 6.07) is 7.74. The summed E-state index contributed by atoms with van der Waals surface area (Å²) in [5, 5.41) is 0.443. The van der Waals surface area contributed by atoms with Crippen LogP contribution in [0.25, 0.3) is 10.9 Å². The zero-order valence-corrected chi connectivity index (χ0v) is 18.3. The monoisotopic (exact) mass is 471 g/mol. The third-order valence-corrected chi connectivity index (χ3v) is 6.08. The molecule has 4 heterocycles. The van der Waals surface area contributed by atoms with Gasteiger partial charge in [-0.3, -0.25) is 4.79 Å². The topological polar surface area (TPSA) is 78.9 Å². The number of amides is 3. The fourth-order valence-electron chi connectivity index (χ4n) is 4.43. The number of nitrogens with zero attached hydrogens (tertiary/aromatic N) is 5. The minimum atomic E-state index is -4.56. The van der Waals surface area contributed by atoms with Gasteiger partial charge in [0.25, 0.3) is 5.91 Å². The molecule has 0 bridgehead atoms. The highest BCUT2D eigenvalue weighted by Crippen LogP contribution is 2.36. The highest BCUT2D eigenvalue weighted by molar-refractivity contribution is 6.22. The number of aryl methyl sites for hydroxylation is 1. The van der Waals surface area contributed by atoms with Gasteiger partial charge < -0.3 is 14.5 Å². The van der Waals surface area contributed by atoms with E-state index < -0.39 is 29.9 Å². The van der Waals surface area contributed by atoms with Gasteiger partial charge in [0.05, 0.1) is 18.3 Å². The smallest absolute Gasteiger partial charge is 0.433 e. The van der Waals surface area contributed by atoms with Crippen LogP contribution in [0.3, 0.4) is 0 Å². The minimum absolute atomic E-state index is 0.155. The molecule has 1 atom stereocenters. The van der Waals surface area contributed by atoms with Crippen LogP contribution in [-0.2, 0) is 11.0 Å². The number of aromatic nitrogens is 2.